The Balaban J connectivity index is 1.76. The van der Waals surface area contributed by atoms with E-state index in [-0.39, 0.29) is 0 Å². The molecular formula is C9H16N4S2. The number of nitrogen functional groups attached to an aromatic ring is 1. The van der Waals surface area contributed by atoms with E-state index in [0.29, 0.717) is 5.13 Å². The summed E-state index contributed by atoms with van der Waals surface area (Å²) in [6, 6.07) is 0. The normalized spacial score (nSPS) is 17.9. The Labute approximate surface area is 98.0 Å². The van der Waals surface area contributed by atoms with Crippen LogP contribution in [0.4, 0.5) is 5.13 Å². The van der Waals surface area contributed by atoms with Gasteiger partial charge in [-0.2, -0.15) is 11.8 Å². The Morgan fingerprint density at radius 1 is 1.33 bits per heavy atom. The molecule has 1 aliphatic carbocycles. The van der Waals surface area contributed by atoms with E-state index >= 15 is 0 Å². The molecule has 2 rings (SSSR count). The molecule has 0 amide bonds. The van der Waals surface area contributed by atoms with Crippen molar-refractivity contribution < 1.29 is 0 Å². The highest BCUT2D eigenvalue weighted by Crippen LogP contribution is 2.31. The summed E-state index contributed by atoms with van der Waals surface area (Å²) in [5.41, 5.74) is 2.52. The van der Waals surface area contributed by atoms with Gasteiger partial charge in [-0.15, -0.1) is 10.2 Å². The predicted octanol–water partition coefficient (Wildman–Crippen LogP) is 2.39. The highest BCUT2D eigenvalue weighted by atomic mass is 32.2. The summed E-state index contributed by atoms with van der Waals surface area (Å²) in [6.45, 7) is 0. The third-order valence-corrected chi connectivity index (χ3v) is 5.01. The SMILES string of the molecule is NNc1nnc(CSC2CCCCC2)s1. The Hall–Kier alpha value is -0.330. The summed E-state index contributed by atoms with van der Waals surface area (Å²) in [4.78, 5) is 0. The van der Waals surface area contributed by atoms with Crippen LogP contribution in [0.1, 0.15) is 37.1 Å². The van der Waals surface area contributed by atoms with Gasteiger partial charge in [-0.05, 0) is 12.8 Å². The van der Waals surface area contributed by atoms with E-state index in [9.17, 15) is 0 Å². The van der Waals surface area contributed by atoms with Gasteiger partial charge in [0, 0.05) is 11.0 Å². The fourth-order valence-electron chi connectivity index (χ4n) is 1.79. The first-order valence-corrected chi connectivity index (χ1v) is 7.15. The standard InChI is InChI=1S/C9H16N4S2/c10-11-9-13-12-8(15-9)6-14-7-4-2-1-3-5-7/h7H,1-6,10H2,(H,11,13). The van der Waals surface area contributed by atoms with Crippen LogP contribution in [-0.2, 0) is 5.75 Å². The third-order valence-electron chi connectivity index (χ3n) is 2.59. The van der Waals surface area contributed by atoms with Gasteiger partial charge in [0.05, 0.1) is 0 Å². The minimum atomic E-state index is 0.703. The maximum absolute atomic E-state index is 5.25. The van der Waals surface area contributed by atoms with Gasteiger partial charge in [0.2, 0.25) is 5.13 Å². The van der Waals surface area contributed by atoms with E-state index < -0.39 is 0 Å². The van der Waals surface area contributed by atoms with E-state index in [1.807, 2.05) is 11.8 Å². The number of nitrogens with zero attached hydrogens (tertiary/aromatic N) is 2. The number of nitrogens with two attached hydrogens (primary N) is 1. The van der Waals surface area contributed by atoms with Crippen LogP contribution in [0.3, 0.4) is 0 Å². The summed E-state index contributed by atoms with van der Waals surface area (Å²) < 4.78 is 0. The Morgan fingerprint density at radius 3 is 2.80 bits per heavy atom. The molecule has 84 valence electrons. The molecule has 1 aliphatic rings. The lowest BCUT2D eigenvalue weighted by molar-refractivity contribution is 0.516. The van der Waals surface area contributed by atoms with Crippen molar-refractivity contribution in [3.63, 3.8) is 0 Å². The first-order valence-electron chi connectivity index (χ1n) is 5.29. The fraction of sp³-hybridized carbons (Fsp3) is 0.778. The number of hydrazine groups is 1. The van der Waals surface area contributed by atoms with Crippen molar-refractivity contribution in [2.24, 2.45) is 5.84 Å². The fourth-order valence-corrected chi connectivity index (χ4v) is 3.78. The smallest absolute Gasteiger partial charge is 0.219 e. The average molecular weight is 244 g/mol. The Morgan fingerprint density at radius 2 is 2.13 bits per heavy atom. The minimum Gasteiger partial charge on any atom is -0.298 e. The van der Waals surface area contributed by atoms with Crippen LogP contribution in [0.2, 0.25) is 0 Å². The largest absolute Gasteiger partial charge is 0.298 e. The quantitative estimate of drug-likeness (QED) is 0.629. The molecule has 0 spiro atoms. The molecule has 6 heteroatoms. The lowest BCUT2D eigenvalue weighted by atomic mass is 10.0. The number of anilines is 1. The van der Waals surface area contributed by atoms with Crippen molar-refractivity contribution in [2.45, 2.75) is 43.1 Å². The van der Waals surface area contributed by atoms with Gasteiger partial charge >= 0.3 is 0 Å². The zero-order valence-corrected chi connectivity index (χ0v) is 10.2. The molecule has 3 N–H and O–H groups in total. The van der Waals surface area contributed by atoms with Crippen molar-refractivity contribution in [1.82, 2.24) is 10.2 Å². The molecule has 0 aromatic carbocycles. The molecule has 1 aromatic heterocycles. The summed E-state index contributed by atoms with van der Waals surface area (Å²) in [5.74, 6) is 6.23. The lowest BCUT2D eigenvalue weighted by Gasteiger charge is -2.20. The zero-order chi connectivity index (χ0) is 10.5. The highest BCUT2D eigenvalue weighted by molar-refractivity contribution is 7.99. The van der Waals surface area contributed by atoms with Crippen LogP contribution in [0.15, 0.2) is 0 Å². The topological polar surface area (TPSA) is 63.8 Å². The van der Waals surface area contributed by atoms with Crippen LogP contribution < -0.4 is 11.3 Å². The van der Waals surface area contributed by atoms with Gasteiger partial charge in [-0.3, -0.25) is 5.43 Å². The van der Waals surface area contributed by atoms with E-state index in [1.165, 1.54) is 32.1 Å². The Kier molecular flexibility index (Phi) is 4.22. The van der Waals surface area contributed by atoms with Gasteiger partial charge in [0.25, 0.3) is 0 Å². The second-order valence-electron chi connectivity index (χ2n) is 3.72. The number of hydrogen-bond acceptors (Lipinski definition) is 6. The summed E-state index contributed by atoms with van der Waals surface area (Å²) in [6.07, 6.45) is 6.93. The number of thioether (sulfide) groups is 1. The molecule has 1 fully saturated rings. The van der Waals surface area contributed by atoms with Crippen molar-refractivity contribution in [3.05, 3.63) is 5.01 Å². The molecule has 0 aliphatic heterocycles. The first kappa shape index (κ1) is 11.2. The second kappa shape index (κ2) is 5.67. The van der Waals surface area contributed by atoms with Gasteiger partial charge < -0.3 is 0 Å². The van der Waals surface area contributed by atoms with Crippen LogP contribution >= 0.6 is 23.1 Å². The van der Waals surface area contributed by atoms with Crippen LogP contribution in [0, 0.1) is 0 Å². The lowest BCUT2D eigenvalue weighted by Crippen LogP contribution is -2.08. The summed E-state index contributed by atoms with van der Waals surface area (Å²) >= 11 is 3.56. The maximum Gasteiger partial charge on any atom is 0.219 e. The van der Waals surface area contributed by atoms with E-state index in [2.05, 4.69) is 15.6 Å². The summed E-state index contributed by atoms with van der Waals surface area (Å²) in [5, 5.41) is 10.6. The first-order chi connectivity index (χ1) is 7.38. The van der Waals surface area contributed by atoms with Crippen molar-refractivity contribution in [2.75, 3.05) is 5.43 Å². The second-order valence-corrected chi connectivity index (χ2v) is 6.07. The van der Waals surface area contributed by atoms with Crippen LogP contribution in [-0.4, -0.2) is 15.4 Å². The van der Waals surface area contributed by atoms with E-state index in [1.54, 1.807) is 11.3 Å². The number of nitrogens with one attached hydrogen (secondary N) is 1. The molecule has 0 bridgehead atoms. The van der Waals surface area contributed by atoms with Crippen molar-refractivity contribution in [3.8, 4) is 0 Å². The monoisotopic (exact) mass is 244 g/mol. The molecule has 15 heavy (non-hydrogen) atoms. The minimum absolute atomic E-state index is 0.703. The van der Waals surface area contributed by atoms with Gasteiger partial charge in [-0.25, -0.2) is 5.84 Å². The number of rotatable bonds is 4. The molecule has 0 unspecified atom stereocenters. The van der Waals surface area contributed by atoms with Gasteiger partial charge in [0.15, 0.2) is 0 Å². The summed E-state index contributed by atoms with van der Waals surface area (Å²) in [7, 11) is 0. The maximum atomic E-state index is 5.25. The molecular weight excluding hydrogens is 228 g/mol. The highest BCUT2D eigenvalue weighted by Gasteiger charge is 2.14. The molecule has 0 radical (unpaired) electrons. The average Bonchev–Trinajstić information content (AvgIpc) is 2.76. The van der Waals surface area contributed by atoms with E-state index in [4.69, 9.17) is 5.84 Å². The molecule has 0 saturated heterocycles. The number of hydrogen-bond donors (Lipinski definition) is 2. The van der Waals surface area contributed by atoms with Crippen LogP contribution in [0.5, 0.6) is 0 Å². The third kappa shape index (κ3) is 3.32. The zero-order valence-electron chi connectivity index (χ0n) is 8.61. The number of aromatic nitrogens is 2. The molecule has 1 aromatic rings. The molecule has 1 saturated carbocycles. The molecule has 4 nitrogen and oxygen atoms in total. The van der Waals surface area contributed by atoms with E-state index in [0.717, 1.165) is 16.0 Å². The molecule has 0 atom stereocenters. The molecule has 1 heterocycles. The predicted molar refractivity (Wildman–Crippen MR) is 65.9 cm³/mol. The van der Waals surface area contributed by atoms with Gasteiger partial charge in [-0.1, -0.05) is 30.6 Å². The van der Waals surface area contributed by atoms with Crippen molar-refractivity contribution >= 4 is 28.2 Å². The van der Waals surface area contributed by atoms with Crippen LogP contribution in [0.25, 0.3) is 0 Å². The van der Waals surface area contributed by atoms with Gasteiger partial charge in [0.1, 0.15) is 5.01 Å². The Bertz CT molecular complexity index is 296. The van der Waals surface area contributed by atoms with Crippen molar-refractivity contribution in [1.29, 1.82) is 0 Å².